The van der Waals surface area contributed by atoms with E-state index in [0.717, 1.165) is 17.1 Å². The number of nitrogens with one attached hydrogen (secondary N) is 3. The molecule has 0 bridgehead atoms. The van der Waals surface area contributed by atoms with Crippen LogP contribution in [-0.4, -0.2) is 77.8 Å². The number of hydroxylamine groups is 1. The third-order valence-electron chi connectivity index (χ3n) is 3.84. The summed E-state index contributed by atoms with van der Waals surface area (Å²) in [4.78, 5) is 74.4. The van der Waals surface area contributed by atoms with Gasteiger partial charge in [0, 0.05) is 38.1 Å². The summed E-state index contributed by atoms with van der Waals surface area (Å²) in [6.45, 7) is -0.101. The average molecular weight is 427 g/mol. The first-order valence-corrected chi connectivity index (χ1v) is 9.16. The molecule has 1 heterocycles. The largest absolute Gasteiger partial charge is 0.481 e. The minimum Gasteiger partial charge on any atom is -0.481 e. The van der Waals surface area contributed by atoms with Crippen LogP contribution in [-0.2, 0) is 33.6 Å². The van der Waals surface area contributed by atoms with E-state index < -0.39 is 41.5 Å². The Morgan fingerprint density at radius 3 is 2.40 bits per heavy atom. The minimum atomic E-state index is -1.13. The molecule has 0 saturated heterocycles. The van der Waals surface area contributed by atoms with Crippen molar-refractivity contribution in [2.45, 2.75) is 31.7 Å². The number of aliphatic carboxylic acids is 1. The van der Waals surface area contributed by atoms with Gasteiger partial charge in [-0.1, -0.05) is 0 Å². The monoisotopic (exact) mass is 427 g/mol. The summed E-state index contributed by atoms with van der Waals surface area (Å²) in [6, 6.07) is -1.08. The molecule has 0 radical (unpaired) electrons. The Hall–Kier alpha value is -3.32. The van der Waals surface area contributed by atoms with E-state index in [1.165, 1.54) is 0 Å². The fourth-order valence-electron chi connectivity index (χ4n) is 2.40. The van der Waals surface area contributed by atoms with Gasteiger partial charge in [-0.05, 0) is 12.8 Å². The van der Waals surface area contributed by atoms with Crippen LogP contribution in [0, 0.1) is 0 Å². The second-order valence-corrected chi connectivity index (χ2v) is 6.24. The normalized spacial score (nSPS) is 13.9. The lowest BCUT2D eigenvalue weighted by atomic mass is 10.1. The Kier molecular flexibility index (Phi) is 10.7. The maximum absolute atomic E-state index is 12.2. The van der Waals surface area contributed by atoms with Crippen molar-refractivity contribution in [2.24, 2.45) is 5.73 Å². The first-order chi connectivity index (χ1) is 14.2. The van der Waals surface area contributed by atoms with Crippen molar-refractivity contribution in [1.29, 1.82) is 0 Å². The van der Waals surface area contributed by atoms with E-state index in [2.05, 4.69) is 16.1 Å². The zero-order chi connectivity index (χ0) is 22.5. The average Bonchev–Trinajstić information content (AvgIpc) is 2.99. The first-order valence-electron chi connectivity index (χ1n) is 9.16. The van der Waals surface area contributed by atoms with E-state index in [1.54, 1.807) is 0 Å². The number of nitrogens with zero attached hydrogens (tertiary/aromatic N) is 1. The molecular weight excluding hydrogens is 402 g/mol. The van der Waals surface area contributed by atoms with E-state index in [9.17, 15) is 28.8 Å². The molecule has 1 aliphatic heterocycles. The van der Waals surface area contributed by atoms with E-state index in [4.69, 9.17) is 15.7 Å². The van der Waals surface area contributed by atoms with Crippen LogP contribution in [0.25, 0.3) is 0 Å². The van der Waals surface area contributed by atoms with Crippen LogP contribution in [0.4, 0.5) is 0 Å². The number of primary amides is 1. The van der Waals surface area contributed by atoms with Crippen LogP contribution in [0.2, 0.25) is 0 Å². The van der Waals surface area contributed by atoms with E-state index >= 15 is 0 Å². The van der Waals surface area contributed by atoms with Crippen molar-refractivity contribution in [1.82, 2.24) is 21.0 Å². The fraction of sp³-hybridized carbons (Fsp3) is 0.529. The zero-order valence-corrected chi connectivity index (χ0v) is 16.2. The lowest BCUT2D eigenvalue weighted by Gasteiger charge is -2.18. The van der Waals surface area contributed by atoms with Crippen molar-refractivity contribution < 1.29 is 38.7 Å². The first kappa shape index (κ1) is 24.7. The van der Waals surface area contributed by atoms with Gasteiger partial charge in [0.05, 0.1) is 13.2 Å². The standard InChI is InChI=1S/C17H25N5O8/c18-12(23)10-20-30-9-7-19-17(29)11(3-6-16(27)28)21-13(24)2-1-8-22-14(25)4-5-15(22)26/h4-5,11,20H,1-3,6-10H2,(H2,18,23)(H,19,29)(H,21,24)(H,27,28). The maximum atomic E-state index is 12.2. The zero-order valence-electron chi connectivity index (χ0n) is 16.2. The lowest BCUT2D eigenvalue weighted by molar-refractivity contribution is -0.138. The highest BCUT2D eigenvalue weighted by Gasteiger charge is 2.24. The van der Waals surface area contributed by atoms with Gasteiger partial charge in [-0.15, -0.1) is 0 Å². The number of carbonyl (C=O) groups excluding carboxylic acids is 5. The van der Waals surface area contributed by atoms with Crippen LogP contribution in [0.1, 0.15) is 25.7 Å². The highest BCUT2D eigenvalue weighted by Crippen LogP contribution is 2.06. The number of rotatable bonds is 15. The molecule has 0 aromatic carbocycles. The van der Waals surface area contributed by atoms with Gasteiger partial charge < -0.3 is 21.5 Å². The molecule has 1 rings (SSSR count). The summed E-state index contributed by atoms with van der Waals surface area (Å²) in [5.74, 6) is -3.77. The molecule has 13 nitrogen and oxygen atoms in total. The van der Waals surface area contributed by atoms with Gasteiger partial charge in [-0.3, -0.25) is 38.5 Å². The molecule has 0 fully saturated rings. The molecule has 1 unspecified atom stereocenters. The lowest BCUT2D eigenvalue weighted by Crippen LogP contribution is -2.48. The molecule has 0 aromatic rings. The molecule has 166 valence electrons. The van der Waals surface area contributed by atoms with Crippen LogP contribution in [0.5, 0.6) is 0 Å². The highest BCUT2D eigenvalue weighted by atomic mass is 16.6. The summed E-state index contributed by atoms with van der Waals surface area (Å²) in [6.07, 6.45) is 1.95. The predicted octanol–water partition coefficient (Wildman–Crippen LogP) is -2.84. The third kappa shape index (κ3) is 9.75. The molecule has 1 atom stereocenters. The third-order valence-corrected chi connectivity index (χ3v) is 3.84. The number of carboxylic acids is 1. The van der Waals surface area contributed by atoms with Gasteiger partial charge >= 0.3 is 5.97 Å². The van der Waals surface area contributed by atoms with Crippen molar-refractivity contribution in [2.75, 3.05) is 26.2 Å². The number of carboxylic acid groups (broad SMARTS) is 1. The molecule has 0 saturated carbocycles. The smallest absolute Gasteiger partial charge is 0.303 e. The number of carbonyl (C=O) groups is 6. The van der Waals surface area contributed by atoms with Crippen LogP contribution < -0.4 is 21.8 Å². The molecule has 5 amide bonds. The summed E-state index contributed by atoms with van der Waals surface area (Å²) < 4.78 is 0. The van der Waals surface area contributed by atoms with Crippen molar-refractivity contribution in [3.8, 4) is 0 Å². The second-order valence-electron chi connectivity index (χ2n) is 6.24. The minimum absolute atomic E-state index is 0.00451. The number of hydrogen-bond donors (Lipinski definition) is 5. The molecule has 0 aromatic heterocycles. The Balaban J connectivity index is 2.39. The molecule has 13 heteroatoms. The molecule has 0 aliphatic carbocycles. The van der Waals surface area contributed by atoms with Gasteiger partial charge in [0.1, 0.15) is 6.04 Å². The Bertz CT molecular complexity index is 690. The van der Waals surface area contributed by atoms with Gasteiger partial charge in [0.2, 0.25) is 17.7 Å². The Labute approximate surface area is 171 Å². The van der Waals surface area contributed by atoms with Crippen molar-refractivity contribution in [3.05, 3.63) is 12.2 Å². The number of hydrogen-bond acceptors (Lipinski definition) is 8. The van der Waals surface area contributed by atoms with Crippen LogP contribution in [0.3, 0.4) is 0 Å². The SMILES string of the molecule is NC(=O)CNOCCNC(=O)C(CCC(=O)O)NC(=O)CCCN1C(=O)C=CC1=O. The number of imide groups is 1. The molecular formula is C17H25N5O8. The predicted molar refractivity (Wildman–Crippen MR) is 100 cm³/mol. The van der Waals surface area contributed by atoms with E-state index in [-0.39, 0.29) is 51.9 Å². The summed E-state index contributed by atoms with van der Waals surface area (Å²) in [7, 11) is 0. The highest BCUT2D eigenvalue weighted by molar-refractivity contribution is 6.12. The van der Waals surface area contributed by atoms with Gasteiger partial charge in [0.15, 0.2) is 0 Å². The van der Waals surface area contributed by atoms with Gasteiger partial charge in [-0.25, -0.2) is 0 Å². The fourth-order valence-corrected chi connectivity index (χ4v) is 2.40. The summed E-state index contributed by atoms with van der Waals surface area (Å²) >= 11 is 0. The van der Waals surface area contributed by atoms with Crippen LogP contribution in [0.15, 0.2) is 12.2 Å². The molecule has 0 spiro atoms. The molecule has 1 aliphatic rings. The van der Waals surface area contributed by atoms with E-state index in [1.807, 2.05) is 0 Å². The Morgan fingerprint density at radius 1 is 1.13 bits per heavy atom. The van der Waals surface area contributed by atoms with Crippen molar-refractivity contribution >= 4 is 35.5 Å². The van der Waals surface area contributed by atoms with E-state index in [0.29, 0.717) is 0 Å². The van der Waals surface area contributed by atoms with Crippen LogP contribution >= 0.6 is 0 Å². The van der Waals surface area contributed by atoms with Gasteiger partial charge in [0.25, 0.3) is 11.8 Å². The summed E-state index contributed by atoms with van der Waals surface area (Å²) in [5.41, 5.74) is 7.19. The topological polar surface area (TPSA) is 197 Å². The second kappa shape index (κ2) is 13.0. The van der Waals surface area contributed by atoms with Gasteiger partial charge in [-0.2, -0.15) is 5.48 Å². The van der Waals surface area contributed by atoms with Crippen molar-refractivity contribution in [3.63, 3.8) is 0 Å². The Morgan fingerprint density at radius 2 is 1.80 bits per heavy atom. The quantitative estimate of drug-likeness (QED) is 0.104. The summed E-state index contributed by atoms with van der Waals surface area (Å²) in [5, 5.41) is 13.8. The molecule has 6 N–H and O–H groups in total. The maximum Gasteiger partial charge on any atom is 0.303 e. The molecule has 30 heavy (non-hydrogen) atoms. The number of amides is 5. The number of nitrogens with two attached hydrogens (primary N) is 1.